The van der Waals surface area contributed by atoms with Crippen LogP contribution >= 0.6 is 0 Å². The molecule has 4 heterocycles. The van der Waals surface area contributed by atoms with Crippen LogP contribution in [-0.4, -0.2) is 29.9 Å². The molecular formula is C21H17N9O. The number of aryl methyl sites for hydroxylation is 1. The Hall–Kier alpha value is -4.60. The highest BCUT2D eigenvalue weighted by molar-refractivity contribution is 6.00. The smallest absolute Gasteiger partial charge is 0.222 e. The predicted octanol–water partition coefficient (Wildman–Crippen LogP) is 3.93. The third-order valence-corrected chi connectivity index (χ3v) is 5.00. The van der Waals surface area contributed by atoms with Gasteiger partial charge in [0.1, 0.15) is 11.6 Å². The van der Waals surface area contributed by atoms with Gasteiger partial charge in [0.15, 0.2) is 11.6 Å². The van der Waals surface area contributed by atoms with Crippen molar-refractivity contribution in [1.29, 1.82) is 0 Å². The molecular weight excluding hydrogens is 394 g/mol. The van der Waals surface area contributed by atoms with Crippen LogP contribution in [0.15, 0.2) is 54.9 Å². The standard InChI is InChI=1S/C21H17N9O/c1-30-10-12(9-23-30)24-18-8-14(26-21(22)27-18)11-6-15-19-17(7-11)31-16-5-3-2-4-13(16)25-20(19)29-28-15/h2-10H,1H3,(H2,25,28,29)(H3,22,24,26,27). The average molecular weight is 411 g/mol. The number of ether oxygens (including phenoxy) is 1. The van der Waals surface area contributed by atoms with Gasteiger partial charge in [-0.05, 0) is 24.3 Å². The van der Waals surface area contributed by atoms with Crippen molar-refractivity contribution in [3.05, 3.63) is 54.9 Å². The largest absolute Gasteiger partial charge is 0.454 e. The summed E-state index contributed by atoms with van der Waals surface area (Å²) in [6.45, 7) is 0. The molecule has 2 aromatic carbocycles. The van der Waals surface area contributed by atoms with Gasteiger partial charge in [0.05, 0.1) is 34.2 Å². The minimum absolute atomic E-state index is 0.160. The number of rotatable bonds is 3. The number of hydrogen-bond donors (Lipinski definition) is 4. The van der Waals surface area contributed by atoms with Crippen LogP contribution in [0.25, 0.3) is 22.2 Å². The number of H-pyrrole nitrogens is 1. The topological polar surface area (TPSA) is 132 Å². The number of nitrogens with one attached hydrogen (secondary N) is 3. The fourth-order valence-electron chi connectivity index (χ4n) is 3.66. The van der Waals surface area contributed by atoms with Crippen molar-refractivity contribution < 1.29 is 4.74 Å². The quantitative estimate of drug-likeness (QED) is 0.344. The van der Waals surface area contributed by atoms with E-state index in [1.807, 2.05) is 55.7 Å². The van der Waals surface area contributed by atoms with E-state index in [0.29, 0.717) is 23.1 Å². The molecule has 5 N–H and O–H groups in total. The third-order valence-electron chi connectivity index (χ3n) is 5.00. The number of hydrogen-bond acceptors (Lipinski definition) is 8. The molecule has 0 saturated heterocycles. The van der Waals surface area contributed by atoms with Crippen LogP contribution in [0.3, 0.4) is 0 Å². The number of fused-ring (bicyclic) bond motifs is 1. The molecule has 0 radical (unpaired) electrons. The number of nitrogens with two attached hydrogens (primary N) is 1. The van der Waals surface area contributed by atoms with Gasteiger partial charge in [0.2, 0.25) is 5.95 Å². The zero-order valence-corrected chi connectivity index (χ0v) is 16.4. The molecule has 152 valence electrons. The first kappa shape index (κ1) is 17.3. The molecule has 0 spiro atoms. The molecule has 31 heavy (non-hydrogen) atoms. The van der Waals surface area contributed by atoms with Crippen LogP contribution in [0, 0.1) is 0 Å². The Bertz CT molecular complexity index is 1450. The summed E-state index contributed by atoms with van der Waals surface area (Å²) >= 11 is 0. The van der Waals surface area contributed by atoms with E-state index in [2.05, 4.69) is 35.9 Å². The van der Waals surface area contributed by atoms with Crippen LogP contribution in [-0.2, 0) is 7.05 Å². The summed E-state index contributed by atoms with van der Waals surface area (Å²) in [5.74, 6) is 2.84. The lowest BCUT2D eigenvalue weighted by Crippen LogP contribution is -2.01. The van der Waals surface area contributed by atoms with E-state index in [4.69, 9.17) is 10.5 Å². The summed E-state index contributed by atoms with van der Waals surface area (Å²) < 4.78 is 7.93. The summed E-state index contributed by atoms with van der Waals surface area (Å²) in [5, 5.41) is 19.0. The Morgan fingerprint density at radius 2 is 2.00 bits per heavy atom. The lowest BCUT2D eigenvalue weighted by Gasteiger charge is -2.10. The van der Waals surface area contributed by atoms with Gasteiger partial charge in [0.25, 0.3) is 0 Å². The molecule has 10 nitrogen and oxygen atoms in total. The Kier molecular flexibility index (Phi) is 3.60. The van der Waals surface area contributed by atoms with Gasteiger partial charge >= 0.3 is 0 Å². The maximum Gasteiger partial charge on any atom is 0.222 e. The molecule has 1 aliphatic heterocycles. The van der Waals surface area contributed by atoms with E-state index >= 15 is 0 Å². The zero-order chi connectivity index (χ0) is 20.9. The SMILES string of the molecule is Cn1cc(Nc2cc(-c3cc4c5c(n[nH]c5c3)Nc3ccccc3O4)nc(N)n2)cn1. The van der Waals surface area contributed by atoms with Gasteiger partial charge in [-0.15, -0.1) is 0 Å². The van der Waals surface area contributed by atoms with Crippen molar-refractivity contribution in [2.24, 2.45) is 7.05 Å². The maximum atomic E-state index is 6.23. The number of nitrogen functional groups attached to an aromatic ring is 1. The van der Waals surface area contributed by atoms with Crippen LogP contribution in [0.2, 0.25) is 0 Å². The first-order chi connectivity index (χ1) is 15.1. The molecule has 0 unspecified atom stereocenters. The summed E-state index contributed by atoms with van der Waals surface area (Å²) in [6, 6.07) is 13.5. The minimum atomic E-state index is 0.160. The number of aromatic nitrogens is 6. The molecule has 3 aromatic heterocycles. The van der Waals surface area contributed by atoms with Crippen LogP contribution in [0.5, 0.6) is 11.5 Å². The maximum absolute atomic E-state index is 6.23. The lowest BCUT2D eigenvalue weighted by molar-refractivity contribution is 0.492. The molecule has 0 atom stereocenters. The number of aromatic amines is 1. The van der Waals surface area contributed by atoms with E-state index in [0.717, 1.165) is 33.6 Å². The second kappa shape index (κ2) is 6.46. The highest BCUT2D eigenvalue weighted by Gasteiger charge is 2.21. The molecule has 0 amide bonds. The Morgan fingerprint density at radius 1 is 1.10 bits per heavy atom. The molecule has 0 saturated carbocycles. The van der Waals surface area contributed by atoms with E-state index < -0.39 is 0 Å². The first-order valence-corrected chi connectivity index (χ1v) is 9.59. The summed E-state index contributed by atoms with van der Waals surface area (Å²) in [5.41, 5.74) is 9.95. The van der Waals surface area contributed by atoms with Crippen molar-refractivity contribution in [1.82, 2.24) is 29.9 Å². The molecule has 0 fully saturated rings. The summed E-state index contributed by atoms with van der Waals surface area (Å²) in [7, 11) is 1.85. The van der Waals surface area contributed by atoms with Crippen LogP contribution in [0.4, 0.5) is 29.0 Å². The predicted molar refractivity (Wildman–Crippen MR) is 118 cm³/mol. The van der Waals surface area contributed by atoms with Crippen molar-refractivity contribution in [3.63, 3.8) is 0 Å². The summed E-state index contributed by atoms with van der Waals surface area (Å²) in [4.78, 5) is 8.71. The second-order valence-corrected chi connectivity index (χ2v) is 7.22. The fraction of sp³-hybridized carbons (Fsp3) is 0.0476. The average Bonchev–Trinajstić information content (AvgIpc) is 3.30. The monoisotopic (exact) mass is 411 g/mol. The number of nitrogens with zero attached hydrogens (tertiary/aromatic N) is 5. The van der Waals surface area contributed by atoms with Gasteiger partial charge in [-0.25, -0.2) is 4.98 Å². The zero-order valence-electron chi connectivity index (χ0n) is 16.4. The fourth-order valence-corrected chi connectivity index (χ4v) is 3.66. The second-order valence-electron chi connectivity index (χ2n) is 7.22. The van der Waals surface area contributed by atoms with Gasteiger partial charge in [0, 0.05) is 24.9 Å². The lowest BCUT2D eigenvalue weighted by atomic mass is 10.1. The molecule has 1 aliphatic rings. The van der Waals surface area contributed by atoms with Crippen LogP contribution < -0.4 is 21.1 Å². The van der Waals surface area contributed by atoms with Crippen molar-refractivity contribution >= 4 is 39.9 Å². The molecule has 6 rings (SSSR count). The third kappa shape index (κ3) is 2.97. The number of benzene rings is 2. The minimum Gasteiger partial charge on any atom is -0.454 e. The van der Waals surface area contributed by atoms with Crippen molar-refractivity contribution in [2.45, 2.75) is 0 Å². The first-order valence-electron chi connectivity index (χ1n) is 9.59. The van der Waals surface area contributed by atoms with Crippen molar-refractivity contribution in [2.75, 3.05) is 16.4 Å². The normalized spacial score (nSPS) is 12.0. The van der Waals surface area contributed by atoms with Gasteiger partial charge in [-0.3, -0.25) is 9.78 Å². The van der Waals surface area contributed by atoms with E-state index in [1.54, 1.807) is 10.9 Å². The van der Waals surface area contributed by atoms with E-state index in [-0.39, 0.29) is 5.95 Å². The molecule has 10 heteroatoms. The Morgan fingerprint density at radius 3 is 2.87 bits per heavy atom. The Labute approximate surface area is 176 Å². The van der Waals surface area contributed by atoms with Gasteiger partial charge in [-0.1, -0.05) is 12.1 Å². The Balaban J connectivity index is 1.46. The van der Waals surface area contributed by atoms with Crippen LogP contribution in [0.1, 0.15) is 0 Å². The molecule has 0 bridgehead atoms. The van der Waals surface area contributed by atoms with Crippen molar-refractivity contribution in [3.8, 4) is 22.8 Å². The van der Waals surface area contributed by atoms with E-state index in [1.165, 1.54) is 0 Å². The number of anilines is 5. The molecule has 5 aromatic rings. The highest BCUT2D eigenvalue weighted by atomic mass is 16.5. The molecule has 0 aliphatic carbocycles. The summed E-state index contributed by atoms with van der Waals surface area (Å²) in [6.07, 6.45) is 3.56. The highest BCUT2D eigenvalue weighted by Crippen LogP contribution is 2.43. The number of para-hydroxylation sites is 2. The van der Waals surface area contributed by atoms with Gasteiger partial charge in [-0.2, -0.15) is 15.2 Å². The van der Waals surface area contributed by atoms with Gasteiger partial charge < -0.3 is 21.1 Å². The van der Waals surface area contributed by atoms with E-state index in [9.17, 15) is 0 Å².